The molecule has 0 spiro atoms. The number of benzene rings is 1. The van der Waals surface area contributed by atoms with Crippen LogP contribution < -0.4 is 4.72 Å². The highest BCUT2D eigenvalue weighted by molar-refractivity contribution is 7.87. The maximum absolute atomic E-state index is 12.2. The Morgan fingerprint density at radius 1 is 1.30 bits per heavy atom. The van der Waals surface area contributed by atoms with E-state index in [4.69, 9.17) is 4.52 Å². The van der Waals surface area contributed by atoms with Gasteiger partial charge in [-0.15, -0.1) is 0 Å². The van der Waals surface area contributed by atoms with Crippen LogP contribution in [0.25, 0.3) is 0 Å². The van der Waals surface area contributed by atoms with Crippen LogP contribution in [-0.4, -0.2) is 24.9 Å². The lowest BCUT2D eigenvalue weighted by Gasteiger charge is -2.22. The van der Waals surface area contributed by atoms with E-state index in [1.54, 1.807) is 13.0 Å². The van der Waals surface area contributed by atoms with E-state index in [9.17, 15) is 8.42 Å². The first kappa shape index (κ1) is 14.7. The molecule has 2 rings (SSSR count). The third-order valence-electron chi connectivity index (χ3n) is 3.11. The van der Waals surface area contributed by atoms with Crippen LogP contribution in [0.2, 0.25) is 0 Å². The first-order valence-corrected chi connectivity index (χ1v) is 7.61. The van der Waals surface area contributed by atoms with Gasteiger partial charge in [-0.05, 0) is 12.5 Å². The second kappa shape index (κ2) is 6.17. The van der Waals surface area contributed by atoms with Gasteiger partial charge >= 0.3 is 0 Å². The Bertz CT molecular complexity index is 626. The molecule has 0 amide bonds. The molecule has 1 heterocycles. The zero-order chi connectivity index (χ0) is 14.6. The fraction of sp³-hybridized carbons (Fsp3) is 0.308. The van der Waals surface area contributed by atoms with Gasteiger partial charge in [0.25, 0.3) is 10.2 Å². The summed E-state index contributed by atoms with van der Waals surface area (Å²) in [5.74, 6) is 0. The maximum Gasteiger partial charge on any atom is 0.280 e. The Labute approximate surface area is 118 Å². The van der Waals surface area contributed by atoms with E-state index < -0.39 is 16.3 Å². The first-order valence-electron chi connectivity index (χ1n) is 6.17. The summed E-state index contributed by atoms with van der Waals surface area (Å²) >= 11 is 0. The van der Waals surface area contributed by atoms with Gasteiger partial charge in [-0.1, -0.05) is 35.5 Å². The number of hydrogen-bond acceptors (Lipinski definition) is 4. The molecule has 0 radical (unpaired) electrons. The average Bonchev–Trinajstić information content (AvgIpc) is 2.99. The molecule has 0 fully saturated rings. The molecule has 7 heteroatoms. The van der Waals surface area contributed by atoms with Crippen LogP contribution >= 0.6 is 0 Å². The molecule has 1 N–H and O–H groups in total. The van der Waals surface area contributed by atoms with Crippen molar-refractivity contribution in [3.8, 4) is 0 Å². The van der Waals surface area contributed by atoms with Gasteiger partial charge in [-0.3, -0.25) is 0 Å². The summed E-state index contributed by atoms with van der Waals surface area (Å²) in [7, 11) is -2.08. The standard InChI is InChI=1S/C13H17N3O3S/c1-11(13-8-9-19-15-13)16(2)20(17,18)14-10-12-6-4-3-5-7-12/h3-9,11,14H,10H2,1-2H3/t11-/m0/s1. The molecule has 1 atom stereocenters. The number of aromatic nitrogens is 1. The lowest BCUT2D eigenvalue weighted by Crippen LogP contribution is -2.39. The van der Waals surface area contributed by atoms with E-state index in [-0.39, 0.29) is 6.54 Å². The largest absolute Gasteiger partial charge is 0.364 e. The van der Waals surface area contributed by atoms with Crippen molar-refractivity contribution < 1.29 is 12.9 Å². The van der Waals surface area contributed by atoms with Crippen molar-refractivity contribution in [2.45, 2.75) is 19.5 Å². The molecule has 0 aliphatic heterocycles. The monoisotopic (exact) mass is 295 g/mol. The minimum atomic E-state index is -3.58. The molecule has 6 nitrogen and oxygen atoms in total. The van der Waals surface area contributed by atoms with Crippen LogP contribution in [0.5, 0.6) is 0 Å². The molecule has 0 aliphatic rings. The van der Waals surface area contributed by atoms with Gasteiger partial charge in [0.2, 0.25) is 0 Å². The second-order valence-electron chi connectivity index (χ2n) is 4.43. The summed E-state index contributed by atoms with van der Waals surface area (Å²) in [5.41, 5.74) is 1.47. The molecule has 1 aromatic heterocycles. The third kappa shape index (κ3) is 3.44. The number of nitrogens with zero attached hydrogens (tertiary/aromatic N) is 2. The molecule has 0 aliphatic carbocycles. The van der Waals surface area contributed by atoms with Crippen LogP contribution in [0.15, 0.2) is 47.2 Å². The summed E-state index contributed by atoms with van der Waals surface area (Å²) in [4.78, 5) is 0. The summed E-state index contributed by atoms with van der Waals surface area (Å²) in [6, 6.07) is 10.6. The molecule has 0 saturated carbocycles. The minimum Gasteiger partial charge on any atom is -0.364 e. The molecular weight excluding hydrogens is 278 g/mol. The van der Waals surface area contributed by atoms with Crippen LogP contribution in [0.1, 0.15) is 24.2 Å². The number of rotatable bonds is 6. The maximum atomic E-state index is 12.2. The Morgan fingerprint density at radius 3 is 2.60 bits per heavy atom. The highest BCUT2D eigenvalue weighted by atomic mass is 32.2. The van der Waals surface area contributed by atoms with Gasteiger partial charge < -0.3 is 4.52 Å². The van der Waals surface area contributed by atoms with Gasteiger partial charge in [-0.2, -0.15) is 17.4 Å². The lowest BCUT2D eigenvalue weighted by molar-refractivity contribution is 0.353. The van der Waals surface area contributed by atoms with Crippen molar-refractivity contribution in [3.63, 3.8) is 0 Å². The summed E-state index contributed by atoms with van der Waals surface area (Å²) < 4.78 is 32.9. The molecule has 1 aromatic carbocycles. The molecule has 20 heavy (non-hydrogen) atoms. The average molecular weight is 295 g/mol. The van der Waals surface area contributed by atoms with Crippen molar-refractivity contribution in [2.75, 3.05) is 7.05 Å². The van der Waals surface area contributed by atoms with Gasteiger partial charge in [0.1, 0.15) is 12.0 Å². The number of nitrogens with one attached hydrogen (secondary N) is 1. The third-order valence-corrected chi connectivity index (χ3v) is 4.70. The molecule has 0 bridgehead atoms. The van der Waals surface area contributed by atoms with E-state index in [0.717, 1.165) is 5.56 Å². The summed E-state index contributed by atoms with van der Waals surface area (Å²) in [6.07, 6.45) is 1.42. The van der Waals surface area contributed by atoms with Crippen molar-refractivity contribution in [3.05, 3.63) is 53.9 Å². The molecule has 108 valence electrons. The van der Waals surface area contributed by atoms with Crippen molar-refractivity contribution >= 4 is 10.2 Å². The highest BCUT2D eigenvalue weighted by Crippen LogP contribution is 2.18. The fourth-order valence-electron chi connectivity index (χ4n) is 1.70. The van der Waals surface area contributed by atoms with Gasteiger partial charge in [0, 0.05) is 19.7 Å². The Morgan fingerprint density at radius 2 is 2.00 bits per heavy atom. The van der Waals surface area contributed by atoms with E-state index in [1.807, 2.05) is 30.3 Å². The summed E-state index contributed by atoms with van der Waals surface area (Å²) in [5, 5.41) is 3.76. The summed E-state index contributed by atoms with van der Waals surface area (Å²) in [6.45, 7) is 2.00. The van der Waals surface area contributed by atoms with Gasteiger partial charge in [0.05, 0.1) is 6.04 Å². The van der Waals surface area contributed by atoms with Crippen LogP contribution in [0.4, 0.5) is 0 Å². The van der Waals surface area contributed by atoms with E-state index >= 15 is 0 Å². The Kier molecular flexibility index (Phi) is 4.53. The quantitative estimate of drug-likeness (QED) is 0.880. The second-order valence-corrected chi connectivity index (χ2v) is 6.24. The number of hydrogen-bond donors (Lipinski definition) is 1. The smallest absolute Gasteiger partial charge is 0.280 e. The SMILES string of the molecule is C[C@@H](c1ccon1)N(C)S(=O)(=O)NCc1ccccc1. The van der Waals surface area contributed by atoms with Crippen molar-refractivity contribution in [1.29, 1.82) is 0 Å². The molecule has 0 unspecified atom stereocenters. The van der Waals surface area contributed by atoms with Gasteiger partial charge in [-0.25, -0.2) is 0 Å². The van der Waals surface area contributed by atoms with E-state index in [0.29, 0.717) is 5.69 Å². The van der Waals surface area contributed by atoms with E-state index in [2.05, 4.69) is 9.88 Å². The van der Waals surface area contributed by atoms with Crippen LogP contribution in [0, 0.1) is 0 Å². The fourth-order valence-corrected chi connectivity index (χ4v) is 2.78. The predicted octanol–water partition coefficient (Wildman–Crippen LogP) is 1.70. The predicted molar refractivity (Wildman–Crippen MR) is 74.9 cm³/mol. The zero-order valence-electron chi connectivity index (χ0n) is 11.4. The molecule has 2 aromatic rings. The zero-order valence-corrected chi connectivity index (χ0v) is 12.2. The molecule has 0 saturated heterocycles. The normalized spacial score (nSPS) is 13.6. The van der Waals surface area contributed by atoms with Crippen molar-refractivity contribution in [2.24, 2.45) is 0 Å². The Hall–Kier alpha value is -1.70. The first-order chi connectivity index (χ1) is 9.50. The van der Waals surface area contributed by atoms with Crippen molar-refractivity contribution in [1.82, 2.24) is 14.2 Å². The minimum absolute atomic E-state index is 0.249. The van der Waals surface area contributed by atoms with Crippen LogP contribution in [-0.2, 0) is 16.8 Å². The molecular formula is C13H17N3O3S. The lowest BCUT2D eigenvalue weighted by atomic mass is 10.2. The topological polar surface area (TPSA) is 75.4 Å². The highest BCUT2D eigenvalue weighted by Gasteiger charge is 2.25. The van der Waals surface area contributed by atoms with Gasteiger partial charge in [0.15, 0.2) is 0 Å². The van der Waals surface area contributed by atoms with Crippen LogP contribution in [0.3, 0.4) is 0 Å². The Balaban J connectivity index is 2.03. The van der Waals surface area contributed by atoms with E-state index in [1.165, 1.54) is 17.6 Å².